The van der Waals surface area contributed by atoms with Gasteiger partial charge in [0.05, 0.1) is 5.69 Å². The van der Waals surface area contributed by atoms with Crippen molar-refractivity contribution in [3.05, 3.63) is 29.2 Å². The van der Waals surface area contributed by atoms with Gasteiger partial charge in [-0.25, -0.2) is 4.79 Å². The van der Waals surface area contributed by atoms with E-state index in [1.165, 1.54) is 0 Å². The molecule has 2 aromatic heterocycles. The molecular weight excluding hydrogens is 262 g/mol. The zero-order chi connectivity index (χ0) is 14.7. The van der Waals surface area contributed by atoms with Crippen molar-refractivity contribution < 1.29 is 18.6 Å². The molecule has 0 aliphatic rings. The quantitative estimate of drug-likeness (QED) is 0.777. The van der Waals surface area contributed by atoms with Crippen LogP contribution in [-0.2, 0) is 4.74 Å². The van der Waals surface area contributed by atoms with Gasteiger partial charge < -0.3 is 13.8 Å². The number of aromatic nitrogens is 3. The van der Waals surface area contributed by atoms with Crippen LogP contribution in [0.2, 0.25) is 0 Å². The minimum atomic E-state index is -0.638. The first-order valence-electron chi connectivity index (χ1n) is 6.49. The molecule has 0 radical (unpaired) electrons. The number of carbonyl (C=O) groups excluding carboxylic acids is 1. The third kappa shape index (κ3) is 3.04. The molecule has 108 valence electrons. The summed E-state index contributed by atoms with van der Waals surface area (Å²) in [5, 5.41) is 7.51. The van der Waals surface area contributed by atoms with Crippen LogP contribution >= 0.6 is 0 Å². The van der Waals surface area contributed by atoms with Gasteiger partial charge in [0.15, 0.2) is 11.9 Å². The molecule has 0 aliphatic carbocycles. The van der Waals surface area contributed by atoms with Gasteiger partial charge in [0.2, 0.25) is 5.76 Å². The summed E-state index contributed by atoms with van der Waals surface area (Å²) in [6, 6.07) is 1.60. The number of nitrogens with zero attached hydrogens (tertiary/aromatic N) is 3. The van der Waals surface area contributed by atoms with Gasteiger partial charge in [0.1, 0.15) is 0 Å². The second-order valence-corrected chi connectivity index (χ2v) is 4.65. The van der Waals surface area contributed by atoms with Crippen LogP contribution < -0.4 is 0 Å². The Hall–Kier alpha value is -2.18. The average molecular weight is 279 g/mol. The highest BCUT2D eigenvalue weighted by Crippen LogP contribution is 2.21. The van der Waals surface area contributed by atoms with E-state index in [-0.39, 0.29) is 17.6 Å². The highest BCUT2D eigenvalue weighted by atomic mass is 16.6. The van der Waals surface area contributed by atoms with E-state index in [0.29, 0.717) is 5.82 Å². The van der Waals surface area contributed by atoms with Crippen molar-refractivity contribution in [2.24, 2.45) is 0 Å². The summed E-state index contributed by atoms with van der Waals surface area (Å²) in [7, 11) is 0. The summed E-state index contributed by atoms with van der Waals surface area (Å²) in [5.41, 5.74) is 0.737. The van der Waals surface area contributed by atoms with Gasteiger partial charge in [0.25, 0.3) is 5.89 Å². The second-order valence-electron chi connectivity index (χ2n) is 4.65. The largest absolute Gasteiger partial charge is 0.447 e. The zero-order valence-electron chi connectivity index (χ0n) is 11.9. The van der Waals surface area contributed by atoms with Crippen LogP contribution in [0.1, 0.15) is 67.2 Å². The molecule has 0 bridgehead atoms. The van der Waals surface area contributed by atoms with Gasteiger partial charge in [-0.3, -0.25) is 0 Å². The van der Waals surface area contributed by atoms with Crippen LogP contribution in [0.4, 0.5) is 0 Å². The van der Waals surface area contributed by atoms with Gasteiger partial charge >= 0.3 is 5.97 Å². The molecule has 2 unspecified atom stereocenters. The molecule has 0 saturated carbocycles. The fraction of sp³-hybridized carbons (Fsp3) is 0.538. The van der Waals surface area contributed by atoms with Crippen molar-refractivity contribution in [3.8, 4) is 0 Å². The lowest BCUT2D eigenvalue weighted by molar-refractivity contribution is 0.0221. The number of rotatable bonds is 5. The van der Waals surface area contributed by atoms with Gasteiger partial charge in [-0.2, -0.15) is 4.98 Å². The smallest absolute Gasteiger partial charge is 0.377 e. The molecule has 7 heteroatoms. The van der Waals surface area contributed by atoms with E-state index in [1.807, 2.05) is 13.8 Å². The molecule has 0 amide bonds. The van der Waals surface area contributed by atoms with Crippen molar-refractivity contribution in [1.82, 2.24) is 15.3 Å². The molecule has 2 atom stereocenters. The fourth-order valence-corrected chi connectivity index (χ4v) is 1.57. The van der Waals surface area contributed by atoms with Crippen LogP contribution in [0.25, 0.3) is 0 Å². The summed E-state index contributed by atoms with van der Waals surface area (Å²) in [6.07, 6.45) is 0.277. The van der Waals surface area contributed by atoms with E-state index < -0.39 is 12.1 Å². The minimum Gasteiger partial charge on any atom is -0.447 e. The fourth-order valence-electron chi connectivity index (χ4n) is 1.57. The maximum absolute atomic E-state index is 11.9. The second kappa shape index (κ2) is 5.85. The van der Waals surface area contributed by atoms with Gasteiger partial charge in [-0.05, 0) is 20.3 Å². The molecule has 0 aliphatic heterocycles. The zero-order valence-corrected chi connectivity index (χ0v) is 11.9. The number of aryl methyl sites for hydroxylation is 1. The van der Waals surface area contributed by atoms with Gasteiger partial charge in [0, 0.05) is 12.0 Å². The summed E-state index contributed by atoms with van der Waals surface area (Å²) >= 11 is 0. The van der Waals surface area contributed by atoms with E-state index in [4.69, 9.17) is 13.8 Å². The lowest BCUT2D eigenvalue weighted by Gasteiger charge is -2.06. The van der Waals surface area contributed by atoms with Crippen molar-refractivity contribution in [2.45, 2.75) is 46.1 Å². The molecule has 0 aromatic carbocycles. The molecule has 2 rings (SSSR count). The average Bonchev–Trinajstić information content (AvgIpc) is 3.06. The van der Waals surface area contributed by atoms with Crippen LogP contribution in [0.15, 0.2) is 15.1 Å². The molecule has 0 saturated heterocycles. The molecule has 2 aromatic rings. The number of hydrogen-bond acceptors (Lipinski definition) is 7. The Labute approximate surface area is 116 Å². The van der Waals surface area contributed by atoms with Gasteiger partial charge in [-0.15, -0.1) is 0 Å². The van der Waals surface area contributed by atoms with E-state index in [9.17, 15) is 4.79 Å². The maximum atomic E-state index is 11.9. The number of carbonyl (C=O) groups is 1. The van der Waals surface area contributed by atoms with Crippen molar-refractivity contribution in [2.75, 3.05) is 0 Å². The summed E-state index contributed by atoms with van der Waals surface area (Å²) in [6.45, 7) is 7.39. The Morgan fingerprint density at radius 1 is 1.35 bits per heavy atom. The van der Waals surface area contributed by atoms with E-state index in [2.05, 4.69) is 15.3 Å². The Balaban J connectivity index is 2.03. The molecule has 7 nitrogen and oxygen atoms in total. The number of esters is 1. The first kappa shape index (κ1) is 14.2. The van der Waals surface area contributed by atoms with Crippen LogP contribution in [0.5, 0.6) is 0 Å². The summed E-state index contributed by atoms with van der Waals surface area (Å²) < 4.78 is 15.1. The first-order chi connectivity index (χ1) is 9.51. The van der Waals surface area contributed by atoms with Crippen LogP contribution in [0.3, 0.4) is 0 Å². The third-order valence-electron chi connectivity index (χ3n) is 3.02. The van der Waals surface area contributed by atoms with E-state index in [1.54, 1.807) is 19.9 Å². The predicted octanol–water partition coefficient (Wildman–Crippen LogP) is 2.80. The predicted molar refractivity (Wildman–Crippen MR) is 68.1 cm³/mol. The van der Waals surface area contributed by atoms with Crippen molar-refractivity contribution in [1.29, 1.82) is 0 Å². The standard InChI is InChI=1S/C13H17N3O4/c1-5-7(2)10-6-11(19-16-10)13(17)18-8(3)12-14-9(4)15-20-12/h6-8H,5H2,1-4H3. The SMILES string of the molecule is CCC(C)c1cc(C(=O)OC(C)c2nc(C)no2)on1. The molecule has 20 heavy (non-hydrogen) atoms. The number of hydrogen-bond donors (Lipinski definition) is 0. The Morgan fingerprint density at radius 2 is 2.10 bits per heavy atom. The maximum Gasteiger partial charge on any atom is 0.377 e. The lowest BCUT2D eigenvalue weighted by Crippen LogP contribution is -2.08. The Bertz CT molecular complexity index is 590. The highest BCUT2D eigenvalue weighted by Gasteiger charge is 2.22. The minimum absolute atomic E-state index is 0.0726. The first-order valence-corrected chi connectivity index (χ1v) is 6.49. The van der Waals surface area contributed by atoms with Crippen molar-refractivity contribution >= 4 is 5.97 Å². The summed E-state index contributed by atoms with van der Waals surface area (Å²) in [5.74, 6) is 0.439. The third-order valence-corrected chi connectivity index (χ3v) is 3.02. The highest BCUT2D eigenvalue weighted by molar-refractivity contribution is 5.86. The van der Waals surface area contributed by atoms with E-state index >= 15 is 0 Å². The molecular formula is C13H17N3O4. The van der Waals surface area contributed by atoms with Crippen LogP contribution in [0, 0.1) is 6.92 Å². The Morgan fingerprint density at radius 3 is 2.70 bits per heavy atom. The Kier molecular flexibility index (Phi) is 4.16. The number of ether oxygens (including phenoxy) is 1. The molecule has 2 heterocycles. The monoisotopic (exact) mass is 279 g/mol. The topological polar surface area (TPSA) is 91.2 Å². The molecule has 0 fully saturated rings. The normalized spacial score (nSPS) is 14.0. The van der Waals surface area contributed by atoms with Crippen LogP contribution in [-0.4, -0.2) is 21.3 Å². The summed E-state index contributed by atoms with van der Waals surface area (Å²) in [4.78, 5) is 15.9. The van der Waals surface area contributed by atoms with E-state index in [0.717, 1.165) is 12.1 Å². The molecule has 0 spiro atoms. The van der Waals surface area contributed by atoms with Crippen molar-refractivity contribution in [3.63, 3.8) is 0 Å². The molecule has 0 N–H and O–H groups in total. The van der Waals surface area contributed by atoms with Gasteiger partial charge in [-0.1, -0.05) is 24.2 Å². The lowest BCUT2D eigenvalue weighted by atomic mass is 10.1.